The molecule has 22 heavy (non-hydrogen) atoms. The Morgan fingerprint density at radius 2 is 1.73 bits per heavy atom. The van der Waals surface area contributed by atoms with Crippen molar-refractivity contribution >= 4 is 39.3 Å². The lowest BCUT2D eigenvalue weighted by atomic mass is 9.81. The molecule has 0 aromatic heterocycles. The number of nitrogens with zero attached hydrogens (tertiary/aromatic N) is 1. The Balaban J connectivity index is 1.68. The molecule has 1 heterocycles. The van der Waals surface area contributed by atoms with Crippen LogP contribution in [0.15, 0.2) is 28.7 Å². The fourth-order valence-electron chi connectivity index (χ4n) is 3.28. The zero-order valence-electron chi connectivity index (χ0n) is 12.0. The molecule has 1 aromatic rings. The Hall–Kier alpha value is -1.69. The van der Waals surface area contributed by atoms with Crippen LogP contribution in [0.3, 0.4) is 0 Å². The van der Waals surface area contributed by atoms with E-state index in [4.69, 9.17) is 0 Å². The van der Waals surface area contributed by atoms with Gasteiger partial charge in [-0.15, -0.1) is 0 Å². The van der Waals surface area contributed by atoms with Gasteiger partial charge in [-0.1, -0.05) is 25.0 Å². The highest BCUT2D eigenvalue weighted by atomic mass is 79.9. The van der Waals surface area contributed by atoms with Gasteiger partial charge >= 0.3 is 0 Å². The van der Waals surface area contributed by atoms with Crippen LogP contribution in [0.5, 0.6) is 0 Å². The maximum absolute atomic E-state index is 12.3. The van der Waals surface area contributed by atoms with Crippen LogP contribution in [0.1, 0.15) is 25.7 Å². The van der Waals surface area contributed by atoms with E-state index >= 15 is 0 Å². The lowest BCUT2D eigenvalue weighted by Gasteiger charge is -2.19. The van der Waals surface area contributed by atoms with E-state index in [0.717, 1.165) is 35.1 Å². The van der Waals surface area contributed by atoms with Crippen molar-refractivity contribution in [1.82, 2.24) is 4.90 Å². The molecule has 116 valence electrons. The highest BCUT2D eigenvalue weighted by Crippen LogP contribution is 2.37. The van der Waals surface area contributed by atoms with Crippen molar-refractivity contribution in [3.05, 3.63) is 28.7 Å². The largest absolute Gasteiger partial charge is 0.324 e. The van der Waals surface area contributed by atoms with E-state index in [1.54, 1.807) is 12.1 Å². The summed E-state index contributed by atoms with van der Waals surface area (Å²) in [5, 5.41) is 2.73. The number of amides is 3. The third kappa shape index (κ3) is 2.79. The predicted octanol–water partition coefficient (Wildman–Crippen LogP) is 2.56. The van der Waals surface area contributed by atoms with E-state index in [1.807, 2.05) is 12.1 Å². The SMILES string of the molecule is O=C(CN1C(=O)[C@H]2CCCC[C@H]2C1=O)Nc1ccccc1Br. The Morgan fingerprint density at radius 3 is 2.32 bits per heavy atom. The third-order valence-electron chi connectivity index (χ3n) is 4.38. The first-order valence-corrected chi connectivity index (χ1v) is 8.27. The zero-order valence-corrected chi connectivity index (χ0v) is 13.6. The number of anilines is 1. The van der Waals surface area contributed by atoms with Crippen molar-refractivity contribution in [3.8, 4) is 0 Å². The van der Waals surface area contributed by atoms with Gasteiger partial charge in [0.2, 0.25) is 17.7 Å². The Morgan fingerprint density at radius 1 is 1.14 bits per heavy atom. The summed E-state index contributed by atoms with van der Waals surface area (Å²) in [6, 6.07) is 7.23. The molecule has 2 fully saturated rings. The molecular formula is C16H17BrN2O3. The van der Waals surface area contributed by atoms with Gasteiger partial charge in [0, 0.05) is 4.47 Å². The van der Waals surface area contributed by atoms with Gasteiger partial charge in [-0.05, 0) is 40.9 Å². The monoisotopic (exact) mass is 364 g/mol. The summed E-state index contributed by atoms with van der Waals surface area (Å²) in [4.78, 5) is 37.9. The Kier molecular flexibility index (Phi) is 4.29. The van der Waals surface area contributed by atoms with Crippen LogP contribution in [-0.2, 0) is 14.4 Å². The first-order valence-electron chi connectivity index (χ1n) is 7.47. The lowest BCUT2D eigenvalue weighted by molar-refractivity contribution is -0.142. The van der Waals surface area contributed by atoms with E-state index in [0.29, 0.717) is 5.69 Å². The number of nitrogens with one attached hydrogen (secondary N) is 1. The minimum atomic E-state index is -0.354. The van der Waals surface area contributed by atoms with Gasteiger partial charge in [-0.2, -0.15) is 0 Å². The van der Waals surface area contributed by atoms with Crippen molar-refractivity contribution < 1.29 is 14.4 Å². The molecule has 1 aliphatic heterocycles. The molecule has 2 aliphatic rings. The van der Waals surface area contributed by atoms with Gasteiger partial charge in [-0.3, -0.25) is 19.3 Å². The molecule has 1 N–H and O–H groups in total. The van der Waals surface area contributed by atoms with Crippen molar-refractivity contribution in [2.45, 2.75) is 25.7 Å². The van der Waals surface area contributed by atoms with Crippen LogP contribution in [0, 0.1) is 11.8 Å². The standard InChI is InChI=1S/C16H17BrN2O3/c17-12-7-3-4-8-13(12)18-14(20)9-19-15(21)10-5-1-2-6-11(10)16(19)22/h3-4,7-8,10-11H,1-2,5-6,9H2,(H,18,20)/t10-,11+. The number of hydrogen-bond donors (Lipinski definition) is 1. The number of fused-ring (bicyclic) bond motifs is 1. The zero-order chi connectivity index (χ0) is 15.7. The third-order valence-corrected chi connectivity index (χ3v) is 5.07. The molecule has 3 amide bonds. The second-order valence-corrected chi connectivity index (χ2v) is 6.64. The van der Waals surface area contributed by atoms with Crippen molar-refractivity contribution in [1.29, 1.82) is 0 Å². The smallest absolute Gasteiger partial charge is 0.244 e. The highest BCUT2D eigenvalue weighted by Gasteiger charge is 2.48. The molecular weight excluding hydrogens is 348 g/mol. The van der Waals surface area contributed by atoms with Gasteiger partial charge in [0.15, 0.2) is 0 Å². The molecule has 0 unspecified atom stereocenters. The number of rotatable bonds is 3. The molecule has 1 saturated heterocycles. The van der Waals surface area contributed by atoms with Gasteiger partial charge in [0.25, 0.3) is 0 Å². The second kappa shape index (κ2) is 6.20. The molecule has 1 aromatic carbocycles. The predicted molar refractivity (Wildman–Crippen MR) is 84.9 cm³/mol. The molecule has 3 rings (SSSR count). The van der Waals surface area contributed by atoms with E-state index in [-0.39, 0.29) is 36.1 Å². The van der Waals surface area contributed by atoms with Crippen molar-refractivity contribution in [2.75, 3.05) is 11.9 Å². The maximum Gasteiger partial charge on any atom is 0.244 e. The van der Waals surface area contributed by atoms with Crippen LogP contribution in [0.25, 0.3) is 0 Å². The number of halogens is 1. The number of carbonyl (C=O) groups excluding carboxylic acids is 3. The first kappa shape index (κ1) is 15.2. The van der Waals surface area contributed by atoms with Crippen LogP contribution < -0.4 is 5.32 Å². The summed E-state index contributed by atoms with van der Waals surface area (Å²) in [7, 11) is 0. The van der Waals surface area contributed by atoms with Crippen molar-refractivity contribution in [2.24, 2.45) is 11.8 Å². The molecule has 0 radical (unpaired) electrons. The fraction of sp³-hybridized carbons (Fsp3) is 0.438. The number of benzene rings is 1. The van der Waals surface area contributed by atoms with E-state index in [9.17, 15) is 14.4 Å². The summed E-state index contributed by atoms with van der Waals surface area (Å²) in [6.45, 7) is -0.202. The molecule has 0 bridgehead atoms. The van der Waals surface area contributed by atoms with Crippen LogP contribution in [0.2, 0.25) is 0 Å². The van der Waals surface area contributed by atoms with Gasteiger partial charge in [-0.25, -0.2) is 0 Å². The summed E-state index contributed by atoms with van der Waals surface area (Å²) in [6.07, 6.45) is 3.49. The van der Waals surface area contributed by atoms with Gasteiger partial charge < -0.3 is 5.32 Å². The highest BCUT2D eigenvalue weighted by molar-refractivity contribution is 9.10. The van der Waals surface area contributed by atoms with Crippen LogP contribution in [0.4, 0.5) is 5.69 Å². The average Bonchev–Trinajstić information content (AvgIpc) is 2.75. The summed E-state index contributed by atoms with van der Waals surface area (Å²) >= 11 is 3.35. The molecule has 5 nitrogen and oxygen atoms in total. The number of likely N-dealkylation sites (tertiary alicyclic amines) is 1. The van der Waals surface area contributed by atoms with Crippen molar-refractivity contribution in [3.63, 3.8) is 0 Å². The normalized spacial score (nSPS) is 24.3. The minimum absolute atomic E-state index is 0.183. The molecule has 1 saturated carbocycles. The fourth-order valence-corrected chi connectivity index (χ4v) is 3.67. The molecule has 0 spiro atoms. The van der Waals surface area contributed by atoms with E-state index in [2.05, 4.69) is 21.2 Å². The van der Waals surface area contributed by atoms with E-state index in [1.165, 1.54) is 0 Å². The lowest BCUT2D eigenvalue weighted by Crippen LogP contribution is -2.38. The first-order chi connectivity index (χ1) is 10.6. The number of imide groups is 1. The second-order valence-electron chi connectivity index (χ2n) is 5.79. The molecule has 6 heteroatoms. The molecule has 1 aliphatic carbocycles. The van der Waals surface area contributed by atoms with Crippen LogP contribution >= 0.6 is 15.9 Å². The Labute approximate surface area is 137 Å². The minimum Gasteiger partial charge on any atom is -0.324 e. The average molecular weight is 365 g/mol. The van der Waals surface area contributed by atoms with Gasteiger partial charge in [0.1, 0.15) is 6.54 Å². The molecule has 2 atom stereocenters. The quantitative estimate of drug-likeness (QED) is 0.838. The number of para-hydroxylation sites is 1. The maximum atomic E-state index is 12.3. The number of hydrogen-bond acceptors (Lipinski definition) is 3. The topological polar surface area (TPSA) is 66.5 Å². The number of carbonyl (C=O) groups is 3. The summed E-state index contributed by atoms with van der Waals surface area (Å²) < 4.78 is 0.760. The summed E-state index contributed by atoms with van der Waals surface area (Å²) in [5.74, 6) is -1.14. The summed E-state index contributed by atoms with van der Waals surface area (Å²) in [5.41, 5.74) is 0.629. The van der Waals surface area contributed by atoms with E-state index < -0.39 is 0 Å². The van der Waals surface area contributed by atoms with Crippen LogP contribution in [-0.4, -0.2) is 29.2 Å². The van der Waals surface area contributed by atoms with Gasteiger partial charge in [0.05, 0.1) is 17.5 Å². The Bertz CT molecular complexity index is 608.